The molecule has 1 saturated heterocycles. The van der Waals surface area contributed by atoms with Crippen LogP contribution in [0.5, 0.6) is 0 Å². The van der Waals surface area contributed by atoms with Crippen molar-refractivity contribution in [2.45, 2.75) is 31.8 Å². The molecule has 0 aliphatic carbocycles. The van der Waals surface area contributed by atoms with Crippen LogP contribution in [0.1, 0.15) is 19.4 Å². The molecule has 1 aromatic carbocycles. The molecule has 1 N–H and O–H groups in total. The van der Waals surface area contributed by atoms with Crippen molar-refractivity contribution in [3.05, 3.63) is 35.4 Å². The summed E-state index contributed by atoms with van der Waals surface area (Å²) in [6.07, 6.45) is 0.579. The first-order chi connectivity index (χ1) is 9.93. The molecule has 21 heavy (non-hydrogen) atoms. The average molecular weight is 298 g/mol. The Morgan fingerprint density at radius 3 is 2.29 bits per heavy atom. The third-order valence-corrected chi connectivity index (χ3v) is 4.39. The second-order valence-corrected chi connectivity index (χ2v) is 6.08. The lowest BCUT2D eigenvalue weighted by molar-refractivity contribution is -0.0223. The van der Waals surface area contributed by atoms with Gasteiger partial charge in [0.25, 0.3) is 0 Å². The van der Waals surface area contributed by atoms with Crippen molar-refractivity contribution < 1.29 is 13.5 Å². The number of nitrogens with one attached hydrogen (secondary N) is 1. The molecule has 118 valence electrons. The number of rotatable bonds is 5. The lowest BCUT2D eigenvalue weighted by atomic mass is 9.87. The molecule has 5 heteroatoms. The Bertz CT molecular complexity index is 453. The fourth-order valence-electron chi connectivity index (χ4n) is 3.03. The van der Waals surface area contributed by atoms with Crippen LogP contribution >= 0.6 is 0 Å². The number of hydrogen-bond donors (Lipinski definition) is 1. The predicted molar refractivity (Wildman–Crippen MR) is 79.4 cm³/mol. The van der Waals surface area contributed by atoms with Crippen LogP contribution in [0, 0.1) is 11.6 Å². The van der Waals surface area contributed by atoms with Crippen molar-refractivity contribution in [2.24, 2.45) is 0 Å². The molecule has 0 radical (unpaired) electrons. The highest BCUT2D eigenvalue weighted by molar-refractivity contribution is 5.20. The molecule has 2 rings (SSSR count). The van der Waals surface area contributed by atoms with E-state index in [1.54, 1.807) is 0 Å². The minimum Gasteiger partial charge on any atom is -0.379 e. The van der Waals surface area contributed by atoms with E-state index in [0.29, 0.717) is 12.0 Å². The van der Waals surface area contributed by atoms with E-state index in [2.05, 4.69) is 24.1 Å². The van der Waals surface area contributed by atoms with E-state index in [4.69, 9.17) is 4.74 Å². The molecule has 0 amide bonds. The molecule has 1 unspecified atom stereocenters. The van der Waals surface area contributed by atoms with E-state index in [1.165, 1.54) is 12.1 Å². The van der Waals surface area contributed by atoms with E-state index < -0.39 is 11.6 Å². The zero-order chi connectivity index (χ0) is 15.5. The largest absolute Gasteiger partial charge is 0.379 e. The summed E-state index contributed by atoms with van der Waals surface area (Å²) in [5.74, 6) is -1.05. The van der Waals surface area contributed by atoms with Gasteiger partial charge in [0.1, 0.15) is 11.6 Å². The Morgan fingerprint density at radius 2 is 1.76 bits per heavy atom. The second kappa shape index (κ2) is 6.81. The van der Waals surface area contributed by atoms with Gasteiger partial charge in [-0.2, -0.15) is 0 Å². The summed E-state index contributed by atoms with van der Waals surface area (Å²) in [5.41, 5.74) is 0.551. The lowest BCUT2D eigenvalue weighted by Crippen LogP contribution is -2.60. The van der Waals surface area contributed by atoms with Crippen LogP contribution in [0.3, 0.4) is 0 Å². The summed E-state index contributed by atoms with van der Waals surface area (Å²) in [7, 11) is 1.89. The van der Waals surface area contributed by atoms with Gasteiger partial charge >= 0.3 is 0 Å². The Morgan fingerprint density at radius 1 is 1.19 bits per heavy atom. The molecule has 1 atom stereocenters. The van der Waals surface area contributed by atoms with Gasteiger partial charge in [0.15, 0.2) is 0 Å². The first kappa shape index (κ1) is 16.3. The molecule has 1 aliphatic heterocycles. The highest BCUT2D eigenvalue weighted by Crippen LogP contribution is 2.23. The molecule has 0 bridgehead atoms. The van der Waals surface area contributed by atoms with Crippen molar-refractivity contribution in [1.29, 1.82) is 0 Å². The number of halogens is 2. The van der Waals surface area contributed by atoms with E-state index in [1.807, 2.05) is 7.05 Å². The molecular weight excluding hydrogens is 274 g/mol. The van der Waals surface area contributed by atoms with Crippen molar-refractivity contribution in [3.8, 4) is 0 Å². The highest BCUT2D eigenvalue weighted by Gasteiger charge is 2.35. The Labute approximate surface area is 125 Å². The zero-order valence-electron chi connectivity index (χ0n) is 13.0. The number of ether oxygens (including phenoxy) is 1. The molecule has 1 heterocycles. The van der Waals surface area contributed by atoms with Crippen molar-refractivity contribution in [1.82, 2.24) is 10.2 Å². The fraction of sp³-hybridized carbons (Fsp3) is 0.625. The van der Waals surface area contributed by atoms with Crippen molar-refractivity contribution in [2.75, 3.05) is 33.4 Å². The smallest absolute Gasteiger partial charge is 0.126 e. The number of nitrogens with zero attached hydrogens (tertiary/aromatic N) is 1. The summed E-state index contributed by atoms with van der Waals surface area (Å²) in [6.45, 7) is 7.54. The van der Waals surface area contributed by atoms with E-state index >= 15 is 0 Å². The van der Waals surface area contributed by atoms with E-state index in [0.717, 1.165) is 32.4 Å². The minimum absolute atomic E-state index is 0.0943. The van der Waals surface area contributed by atoms with Gasteiger partial charge in [0.05, 0.1) is 13.2 Å². The summed E-state index contributed by atoms with van der Waals surface area (Å²) in [6, 6.07) is 3.81. The minimum atomic E-state index is -0.524. The van der Waals surface area contributed by atoms with Crippen LogP contribution in [0.15, 0.2) is 18.2 Å². The monoisotopic (exact) mass is 298 g/mol. The van der Waals surface area contributed by atoms with Gasteiger partial charge in [0.2, 0.25) is 0 Å². The molecule has 1 aromatic rings. The number of benzene rings is 1. The summed E-state index contributed by atoms with van der Waals surface area (Å²) in [4.78, 5) is 2.37. The Balaban J connectivity index is 2.13. The molecule has 0 saturated carbocycles. The topological polar surface area (TPSA) is 24.5 Å². The van der Waals surface area contributed by atoms with E-state index in [-0.39, 0.29) is 11.6 Å². The first-order valence-electron chi connectivity index (χ1n) is 7.38. The van der Waals surface area contributed by atoms with Crippen LogP contribution in [0.25, 0.3) is 0 Å². The first-order valence-corrected chi connectivity index (χ1v) is 7.38. The van der Waals surface area contributed by atoms with Crippen LogP contribution in [0.4, 0.5) is 8.78 Å². The summed E-state index contributed by atoms with van der Waals surface area (Å²) >= 11 is 0. The zero-order valence-corrected chi connectivity index (χ0v) is 13.0. The molecule has 0 aromatic heterocycles. The van der Waals surface area contributed by atoms with Crippen LogP contribution < -0.4 is 5.32 Å². The third kappa shape index (κ3) is 3.99. The van der Waals surface area contributed by atoms with Gasteiger partial charge < -0.3 is 10.1 Å². The van der Waals surface area contributed by atoms with Crippen LogP contribution in [0.2, 0.25) is 0 Å². The molecule has 1 aliphatic rings. The van der Waals surface area contributed by atoms with Crippen LogP contribution in [-0.2, 0) is 11.2 Å². The van der Waals surface area contributed by atoms with Crippen molar-refractivity contribution in [3.63, 3.8) is 0 Å². The standard InChI is InChI=1S/C16H24F2N2O/c1-16(2,20-4-6-21-7-5-20)15(19-3)10-12-8-13(17)11-14(18)9-12/h8-9,11,15,19H,4-7,10H2,1-3H3. The second-order valence-electron chi connectivity index (χ2n) is 6.08. The molecular formula is C16H24F2N2O. The Hall–Kier alpha value is -1.04. The van der Waals surface area contributed by atoms with E-state index in [9.17, 15) is 8.78 Å². The maximum Gasteiger partial charge on any atom is 0.126 e. The maximum absolute atomic E-state index is 13.3. The fourth-order valence-corrected chi connectivity index (χ4v) is 3.03. The van der Waals surface area contributed by atoms with Gasteiger partial charge in [-0.3, -0.25) is 4.90 Å². The molecule has 1 fully saturated rings. The lowest BCUT2D eigenvalue weighted by Gasteiger charge is -2.46. The quantitative estimate of drug-likeness (QED) is 0.902. The summed E-state index contributed by atoms with van der Waals surface area (Å²) in [5, 5.41) is 3.30. The maximum atomic E-state index is 13.3. The normalized spacial score (nSPS) is 18.7. The highest BCUT2D eigenvalue weighted by atomic mass is 19.1. The van der Waals surface area contributed by atoms with Gasteiger partial charge in [-0.15, -0.1) is 0 Å². The van der Waals surface area contributed by atoms with Gasteiger partial charge in [-0.05, 0) is 45.0 Å². The third-order valence-electron chi connectivity index (χ3n) is 4.39. The molecule has 3 nitrogen and oxygen atoms in total. The van der Waals surface area contributed by atoms with Gasteiger partial charge in [0, 0.05) is 30.7 Å². The SMILES string of the molecule is CNC(Cc1cc(F)cc(F)c1)C(C)(C)N1CCOCC1. The van der Waals surface area contributed by atoms with Gasteiger partial charge in [-0.25, -0.2) is 8.78 Å². The number of morpholine rings is 1. The number of hydrogen-bond acceptors (Lipinski definition) is 3. The predicted octanol–water partition coefficient (Wildman–Crippen LogP) is 2.21. The van der Waals surface area contributed by atoms with Crippen LogP contribution in [-0.4, -0.2) is 49.8 Å². The Kier molecular flexibility index (Phi) is 5.30. The average Bonchev–Trinajstić information content (AvgIpc) is 2.44. The summed E-state index contributed by atoms with van der Waals surface area (Å²) < 4.78 is 32.1. The van der Waals surface area contributed by atoms with Crippen molar-refractivity contribution >= 4 is 0 Å². The number of likely N-dealkylation sites (N-methyl/N-ethyl adjacent to an activating group) is 1. The van der Waals surface area contributed by atoms with Gasteiger partial charge in [-0.1, -0.05) is 0 Å². The molecule has 0 spiro atoms.